The highest BCUT2D eigenvalue weighted by Gasteiger charge is 2.34. The van der Waals surface area contributed by atoms with Crippen molar-refractivity contribution in [3.8, 4) is 0 Å². The van der Waals surface area contributed by atoms with E-state index < -0.39 is 0 Å². The van der Waals surface area contributed by atoms with Crippen LogP contribution in [0.4, 0.5) is 5.69 Å². The number of amides is 3. The van der Waals surface area contributed by atoms with E-state index in [4.69, 9.17) is 0 Å². The monoisotopic (exact) mass is 433 g/mol. The second kappa shape index (κ2) is 9.55. The molecule has 1 fully saturated rings. The zero-order chi connectivity index (χ0) is 22.7. The van der Waals surface area contributed by atoms with Crippen molar-refractivity contribution < 1.29 is 14.4 Å². The van der Waals surface area contributed by atoms with Crippen LogP contribution in [0.15, 0.2) is 48.5 Å². The van der Waals surface area contributed by atoms with Gasteiger partial charge in [0, 0.05) is 31.7 Å². The number of benzene rings is 2. The minimum Gasteiger partial charge on any atom is -0.371 e. The van der Waals surface area contributed by atoms with Crippen molar-refractivity contribution in [2.45, 2.75) is 45.6 Å². The van der Waals surface area contributed by atoms with E-state index in [0.29, 0.717) is 17.5 Å². The second-order valence-electron chi connectivity index (χ2n) is 8.99. The van der Waals surface area contributed by atoms with E-state index in [1.807, 2.05) is 6.92 Å². The highest BCUT2D eigenvalue weighted by Crippen LogP contribution is 2.25. The lowest BCUT2D eigenvalue weighted by molar-refractivity contribution is -0.121. The minimum absolute atomic E-state index is 0.0805. The maximum absolute atomic E-state index is 12.4. The molecule has 0 radical (unpaired) electrons. The van der Waals surface area contributed by atoms with E-state index >= 15 is 0 Å². The Balaban J connectivity index is 1.25. The molecule has 0 aromatic heterocycles. The SMILES string of the molecule is C[C@@H]1CCCN(c2ccc([C@H](C)NC(=O)CCCN3C(=O)c4ccccc4C3=O)cc2)C1. The fraction of sp³-hybridized carbons (Fsp3) is 0.423. The maximum atomic E-state index is 12.4. The quantitative estimate of drug-likeness (QED) is 0.665. The number of carbonyl (C=O) groups excluding carboxylic acids is 3. The van der Waals surface area contributed by atoms with Gasteiger partial charge >= 0.3 is 0 Å². The molecule has 0 unspecified atom stereocenters. The molecule has 0 spiro atoms. The minimum atomic E-state index is -0.275. The standard InChI is InChI=1S/C26H31N3O3/c1-18-7-5-15-28(17-18)21-13-11-20(12-14-21)19(2)27-24(30)10-6-16-29-25(31)22-8-3-4-9-23(22)26(29)32/h3-4,8-9,11-14,18-19H,5-7,10,15-17H2,1-2H3,(H,27,30)/t18-,19+/m1/s1. The van der Waals surface area contributed by atoms with Gasteiger partial charge in [-0.3, -0.25) is 19.3 Å². The predicted molar refractivity (Wildman–Crippen MR) is 125 cm³/mol. The van der Waals surface area contributed by atoms with Crippen LogP contribution in [-0.2, 0) is 4.79 Å². The lowest BCUT2D eigenvalue weighted by atomic mass is 9.99. The van der Waals surface area contributed by atoms with Crippen LogP contribution in [-0.4, -0.2) is 42.3 Å². The van der Waals surface area contributed by atoms with Crippen LogP contribution >= 0.6 is 0 Å². The summed E-state index contributed by atoms with van der Waals surface area (Å²) in [6.45, 7) is 6.71. The van der Waals surface area contributed by atoms with E-state index in [9.17, 15) is 14.4 Å². The molecule has 2 aromatic rings. The first-order chi connectivity index (χ1) is 15.4. The van der Waals surface area contributed by atoms with Gasteiger partial charge in [0.25, 0.3) is 11.8 Å². The van der Waals surface area contributed by atoms with Gasteiger partial charge in [0.2, 0.25) is 5.91 Å². The third-order valence-corrected chi connectivity index (χ3v) is 6.46. The van der Waals surface area contributed by atoms with Crippen molar-refractivity contribution in [3.05, 3.63) is 65.2 Å². The number of carbonyl (C=O) groups is 3. The number of hydrogen-bond donors (Lipinski definition) is 1. The van der Waals surface area contributed by atoms with Crippen molar-refractivity contribution in [3.63, 3.8) is 0 Å². The van der Waals surface area contributed by atoms with E-state index in [-0.39, 0.29) is 36.7 Å². The van der Waals surface area contributed by atoms with Crippen LogP contribution in [0.2, 0.25) is 0 Å². The zero-order valence-electron chi connectivity index (χ0n) is 18.8. The number of nitrogens with one attached hydrogen (secondary N) is 1. The van der Waals surface area contributed by atoms with Crippen LogP contribution in [0, 0.1) is 5.92 Å². The van der Waals surface area contributed by atoms with E-state index in [2.05, 4.69) is 41.4 Å². The number of hydrogen-bond acceptors (Lipinski definition) is 4. The zero-order valence-corrected chi connectivity index (χ0v) is 18.8. The van der Waals surface area contributed by atoms with Gasteiger partial charge in [-0.05, 0) is 61.9 Å². The first-order valence-electron chi connectivity index (χ1n) is 11.5. The summed E-state index contributed by atoms with van der Waals surface area (Å²) in [5, 5.41) is 3.03. The molecule has 3 amide bonds. The van der Waals surface area contributed by atoms with Crippen molar-refractivity contribution in [2.24, 2.45) is 5.92 Å². The third kappa shape index (κ3) is 4.69. The summed E-state index contributed by atoms with van der Waals surface area (Å²) in [4.78, 5) is 40.9. The van der Waals surface area contributed by atoms with Gasteiger partial charge in [-0.25, -0.2) is 0 Å². The number of fused-ring (bicyclic) bond motifs is 1. The van der Waals surface area contributed by atoms with Crippen molar-refractivity contribution in [2.75, 3.05) is 24.5 Å². The molecule has 2 heterocycles. The molecule has 6 heteroatoms. The molecular weight excluding hydrogens is 402 g/mol. The molecule has 6 nitrogen and oxygen atoms in total. The van der Waals surface area contributed by atoms with Gasteiger partial charge in [0.15, 0.2) is 0 Å². The third-order valence-electron chi connectivity index (χ3n) is 6.46. The average molecular weight is 434 g/mol. The number of nitrogens with zero attached hydrogens (tertiary/aromatic N) is 2. The number of piperidine rings is 1. The Hall–Kier alpha value is -3.15. The summed E-state index contributed by atoms with van der Waals surface area (Å²) in [7, 11) is 0. The lowest BCUT2D eigenvalue weighted by Crippen LogP contribution is -2.34. The summed E-state index contributed by atoms with van der Waals surface area (Å²) in [5.41, 5.74) is 3.18. The van der Waals surface area contributed by atoms with Gasteiger partial charge < -0.3 is 10.2 Å². The first kappa shape index (κ1) is 22.1. The van der Waals surface area contributed by atoms with Gasteiger partial charge in [0.1, 0.15) is 0 Å². The van der Waals surface area contributed by atoms with Gasteiger partial charge in [-0.2, -0.15) is 0 Å². The molecule has 168 valence electrons. The Bertz CT molecular complexity index is 967. The van der Waals surface area contributed by atoms with Crippen LogP contribution < -0.4 is 10.2 Å². The van der Waals surface area contributed by atoms with Gasteiger partial charge in [-0.15, -0.1) is 0 Å². The lowest BCUT2D eigenvalue weighted by Gasteiger charge is -2.33. The van der Waals surface area contributed by atoms with E-state index in [1.54, 1.807) is 24.3 Å². The largest absolute Gasteiger partial charge is 0.371 e. The average Bonchev–Trinajstić information content (AvgIpc) is 3.04. The summed E-state index contributed by atoms with van der Waals surface area (Å²) in [5.74, 6) is 0.0927. The fourth-order valence-corrected chi connectivity index (χ4v) is 4.63. The Morgan fingerprint density at radius 2 is 1.72 bits per heavy atom. The molecule has 0 aliphatic carbocycles. The number of rotatable bonds is 7. The Kier molecular flexibility index (Phi) is 6.58. The van der Waals surface area contributed by atoms with Crippen molar-refractivity contribution >= 4 is 23.4 Å². The summed E-state index contributed by atoms with van der Waals surface area (Å²) < 4.78 is 0. The smallest absolute Gasteiger partial charge is 0.261 e. The molecule has 0 saturated carbocycles. The normalized spacial score (nSPS) is 19.1. The predicted octanol–water partition coefficient (Wildman–Crippen LogP) is 4.18. The molecule has 1 N–H and O–H groups in total. The molecule has 1 saturated heterocycles. The second-order valence-corrected chi connectivity index (χ2v) is 8.99. The molecule has 32 heavy (non-hydrogen) atoms. The van der Waals surface area contributed by atoms with Crippen LogP contribution in [0.25, 0.3) is 0 Å². The number of imide groups is 1. The van der Waals surface area contributed by atoms with Crippen molar-refractivity contribution in [1.82, 2.24) is 10.2 Å². The Morgan fingerprint density at radius 3 is 2.34 bits per heavy atom. The summed E-state index contributed by atoms with van der Waals surface area (Å²) in [6.07, 6.45) is 3.23. The van der Waals surface area contributed by atoms with Gasteiger partial charge in [-0.1, -0.05) is 31.2 Å². The van der Waals surface area contributed by atoms with Crippen molar-refractivity contribution in [1.29, 1.82) is 0 Å². The Labute approximate surface area is 189 Å². The topological polar surface area (TPSA) is 69.7 Å². The van der Waals surface area contributed by atoms with Crippen LogP contribution in [0.5, 0.6) is 0 Å². The molecule has 2 atom stereocenters. The van der Waals surface area contributed by atoms with E-state index in [1.165, 1.54) is 23.4 Å². The van der Waals surface area contributed by atoms with Crippen LogP contribution in [0.3, 0.4) is 0 Å². The molecule has 4 rings (SSSR count). The molecule has 2 aliphatic heterocycles. The van der Waals surface area contributed by atoms with Gasteiger partial charge in [0.05, 0.1) is 17.2 Å². The van der Waals surface area contributed by atoms with E-state index in [0.717, 1.165) is 24.6 Å². The first-order valence-corrected chi connectivity index (χ1v) is 11.5. The number of anilines is 1. The highest BCUT2D eigenvalue weighted by atomic mass is 16.2. The highest BCUT2D eigenvalue weighted by molar-refractivity contribution is 6.21. The summed E-state index contributed by atoms with van der Waals surface area (Å²) >= 11 is 0. The molecule has 2 aliphatic rings. The maximum Gasteiger partial charge on any atom is 0.261 e. The van der Waals surface area contributed by atoms with Crippen LogP contribution in [0.1, 0.15) is 71.9 Å². The molecule has 2 aromatic carbocycles. The molecular formula is C26H31N3O3. The molecule has 0 bridgehead atoms. The Morgan fingerprint density at radius 1 is 1.06 bits per heavy atom. The fourth-order valence-electron chi connectivity index (χ4n) is 4.63. The summed E-state index contributed by atoms with van der Waals surface area (Å²) in [6, 6.07) is 15.2.